The molecule has 0 saturated heterocycles. The van der Waals surface area contributed by atoms with E-state index in [2.05, 4.69) is 89.7 Å². The van der Waals surface area contributed by atoms with Crippen LogP contribution in [-0.2, 0) is 17.6 Å². The maximum absolute atomic E-state index is 12.8. The Morgan fingerprint density at radius 1 is 0.898 bits per heavy atom. The molecule has 2 aromatic carbocycles. The molecule has 6 N–H and O–H groups in total. The first-order chi connectivity index (χ1) is 28.5. The Balaban J connectivity index is 0.000000200. The zero-order valence-electron chi connectivity index (χ0n) is 33.9. The summed E-state index contributed by atoms with van der Waals surface area (Å²) in [4.78, 5) is 55.0. The van der Waals surface area contributed by atoms with Gasteiger partial charge in [-0.25, -0.2) is 19.9 Å². The number of benzene rings is 2. The van der Waals surface area contributed by atoms with E-state index >= 15 is 0 Å². The Bertz CT molecular complexity index is 2460. The topological polar surface area (TPSA) is 209 Å². The fourth-order valence-electron chi connectivity index (χ4n) is 6.63. The molecular formula is C43H50BN11O4. The molecular weight excluding hydrogens is 745 g/mol. The van der Waals surface area contributed by atoms with Crippen LogP contribution in [0.4, 0.5) is 5.82 Å². The Morgan fingerprint density at radius 2 is 1.68 bits per heavy atom. The number of pyridine rings is 1. The molecule has 5 aromatic heterocycles. The van der Waals surface area contributed by atoms with Gasteiger partial charge in [0, 0.05) is 66.5 Å². The molecule has 15 nitrogen and oxygen atoms in total. The number of aromatic nitrogens is 8. The second kappa shape index (κ2) is 19.8. The molecule has 0 bridgehead atoms. The number of imidazole rings is 1. The SMILES string of the molecule is CC(C)CC(NC(=O)C(Cc1ccccc1)NC(=O)c1cnccn1)B(O)O.Cc1cncc(-c2nc(NCCc3c[nH]c4ccccc34)c3ncn(C(C)C)c3n2)c1. The van der Waals surface area contributed by atoms with E-state index in [0.717, 1.165) is 52.2 Å². The predicted molar refractivity (Wildman–Crippen MR) is 229 cm³/mol. The number of hydrogen-bond donors (Lipinski definition) is 6. The molecule has 0 aliphatic heterocycles. The summed E-state index contributed by atoms with van der Waals surface area (Å²) in [6, 6.07) is 19.0. The summed E-state index contributed by atoms with van der Waals surface area (Å²) < 4.78 is 2.08. The lowest BCUT2D eigenvalue weighted by Gasteiger charge is -2.24. The standard InChI is InChI=1S/C24H25N7.C19H25BN4O4/c1-15(2)31-14-28-21-23(26-9-8-17-13-27-20-7-5-4-6-19(17)20)29-22(30-24(21)31)18-10-16(3)11-25-12-18;1-13(2)10-17(20(27)28)24-18(25)15(11-14-6-4-3-5-7-14)23-19(26)16-12-21-8-9-22-16/h4-7,10-15,27H,8-9H2,1-3H3,(H,26,29,30);3-9,12-13,15,17,27-28H,10-11H2,1-2H3,(H,23,26)(H,24,25). The quantitative estimate of drug-likeness (QED) is 0.0737. The third kappa shape index (κ3) is 11.1. The minimum Gasteiger partial charge on any atom is -0.426 e. The number of para-hydroxylation sites is 1. The summed E-state index contributed by atoms with van der Waals surface area (Å²) in [6.07, 6.45) is 13.2. The number of rotatable bonds is 15. The van der Waals surface area contributed by atoms with E-state index in [0.29, 0.717) is 12.2 Å². The molecule has 0 aliphatic rings. The zero-order chi connectivity index (χ0) is 41.9. The first-order valence-corrected chi connectivity index (χ1v) is 19.7. The lowest BCUT2D eigenvalue weighted by atomic mass is 9.75. The maximum atomic E-state index is 12.8. The summed E-state index contributed by atoms with van der Waals surface area (Å²) in [5.41, 5.74) is 6.98. The van der Waals surface area contributed by atoms with Crippen molar-refractivity contribution in [1.82, 2.24) is 50.1 Å². The van der Waals surface area contributed by atoms with Crippen molar-refractivity contribution in [3.8, 4) is 11.4 Å². The van der Waals surface area contributed by atoms with Crippen LogP contribution in [0.1, 0.15) is 67.3 Å². The number of nitrogens with one attached hydrogen (secondary N) is 4. The molecule has 2 amide bonds. The maximum Gasteiger partial charge on any atom is 0.475 e. The number of aryl methyl sites for hydroxylation is 1. The second-order valence-electron chi connectivity index (χ2n) is 15.1. The summed E-state index contributed by atoms with van der Waals surface area (Å²) in [6.45, 7) is 10.8. The van der Waals surface area contributed by atoms with E-state index in [9.17, 15) is 19.6 Å². The van der Waals surface area contributed by atoms with Gasteiger partial charge in [0.1, 0.15) is 17.3 Å². The summed E-state index contributed by atoms with van der Waals surface area (Å²) in [5, 5.41) is 29.2. The van der Waals surface area contributed by atoms with Crippen LogP contribution in [0.5, 0.6) is 0 Å². The van der Waals surface area contributed by atoms with Gasteiger partial charge in [-0.2, -0.15) is 0 Å². The van der Waals surface area contributed by atoms with Gasteiger partial charge in [-0.1, -0.05) is 62.4 Å². The highest BCUT2D eigenvalue weighted by Gasteiger charge is 2.30. The molecule has 304 valence electrons. The van der Waals surface area contributed by atoms with Crippen molar-refractivity contribution < 1.29 is 19.6 Å². The minimum absolute atomic E-state index is 0.0919. The Kier molecular flexibility index (Phi) is 14.1. The molecule has 0 aliphatic carbocycles. The molecule has 16 heteroatoms. The lowest BCUT2D eigenvalue weighted by Crippen LogP contribution is -2.55. The molecule has 2 unspecified atom stereocenters. The van der Waals surface area contributed by atoms with Crippen LogP contribution < -0.4 is 16.0 Å². The molecule has 2 atom stereocenters. The van der Waals surface area contributed by atoms with Gasteiger partial charge in [0.15, 0.2) is 17.3 Å². The van der Waals surface area contributed by atoms with Gasteiger partial charge in [0.25, 0.3) is 5.91 Å². The number of fused-ring (bicyclic) bond motifs is 2. The van der Waals surface area contributed by atoms with Crippen LogP contribution in [0.25, 0.3) is 33.5 Å². The first kappa shape index (κ1) is 42.1. The zero-order valence-corrected chi connectivity index (χ0v) is 33.9. The van der Waals surface area contributed by atoms with E-state index in [-0.39, 0.29) is 24.1 Å². The molecule has 59 heavy (non-hydrogen) atoms. The molecule has 7 rings (SSSR count). The minimum atomic E-state index is -1.69. The van der Waals surface area contributed by atoms with E-state index < -0.39 is 30.9 Å². The first-order valence-electron chi connectivity index (χ1n) is 19.7. The van der Waals surface area contributed by atoms with Crippen molar-refractivity contribution in [2.75, 3.05) is 11.9 Å². The van der Waals surface area contributed by atoms with Crippen molar-refractivity contribution in [2.45, 2.75) is 71.9 Å². The smallest absolute Gasteiger partial charge is 0.426 e. The van der Waals surface area contributed by atoms with Crippen molar-refractivity contribution in [3.05, 3.63) is 127 Å². The number of H-pyrrole nitrogens is 1. The molecule has 0 saturated carbocycles. The number of carbonyl (C=O) groups excluding carboxylic acids is 2. The summed E-state index contributed by atoms with van der Waals surface area (Å²) in [5.74, 6) is -0.316. The molecule has 5 heterocycles. The molecule has 0 spiro atoms. The Morgan fingerprint density at radius 3 is 2.39 bits per heavy atom. The number of amides is 2. The number of hydrogen-bond acceptors (Lipinski definition) is 11. The molecule has 0 fully saturated rings. The second-order valence-corrected chi connectivity index (χ2v) is 15.1. The van der Waals surface area contributed by atoms with Gasteiger partial charge in [-0.3, -0.25) is 19.6 Å². The summed E-state index contributed by atoms with van der Waals surface area (Å²) in [7, 11) is -1.69. The largest absolute Gasteiger partial charge is 0.475 e. The Hall–Kier alpha value is -6.52. The van der Waals surface area contributed by atoms with Crippen molar-refractivity contribution in [1.29, 1.82) is 0 Å². The van der Waals surface area contributed by atoms with Gasteiger partial charge >= 0.3 is 7.12 Å². The van der Waals surface area contributed by atoms with E-state index in [4.69, 9.17) is 9.97 Å². The van der Waals surface area contributed by atoms with E-state index in [1.54, 1.807) is 6.20 Å². The van der Waals surface area contributed by atoms with E-state index in [1.165, 1.54) is 29.5 Å². The third-order valence-electron chi connectivity index (χ3n) is 9.59. The van der Waals surface area contributed by atoms with Crippen LogP contribution in [-0.4, -0.2) is 87.0 Å². The molecule has 7 aromatic rings. The molecule has 0 radical (unpaired) electrons. The van der Waals surface area contributed by atoms with Gasteiger partial charge in [-0.05, 0) is 68.4 Å². The van der Waals surface area contributed by atoms with Gasteiger partial charge in [0.05, 0.1) is 18.5 Å². The van der Waals surface area contributed by atoms with Gasteiger partial charge in [0.2, 0.25) is 5.91 Å². The average Bonchev–Trinajstić information content (AvgIpc) is 3.86. The fraction of sp³-hybridized carbons (Fsp3) is 0.302. The highest BCUT2D eigenvalue weighted by molar-refractivity contribution is 6.43. The van der Waals surface area contributed by atoms with Crippen LogP contribution in [0.15, 0.2) is 104 Å². The van der Waals surface area contributed by atoms with Gasteiger partial charge < -0.3 is 35.5 Å². The number of aromatic amines is 1. The van der Waals surface area contributed by atoms with E-state index in [1.807, 2.05) is 69.7 Å². The highest BCUT2D eigenvalue weighted by atomic mass is 16.4. The van der Waals surface area contributed by atoms with Crippen LogP contribution in [0, 0.1) is 12.8 Å². The summed E-state index contributed by atoms with van der Waals surface area (Å²) >= 11 is 0. The third-order valence-corrected chi connectivity index (χ3v) is 9.59. The van der Waals surface area contributed by atoms with Crippen molar-refractivity contribution in [3.63, 3.8) is 0 Å². The van der Waals surface area contributed by atoms with Crippen LogP contribution in [0.2, 0.25) is 0 Å². The average molecular weight is 796 g/mol. The number of anilines is 1. The normalized spacial score (nSPS) is 12.2. The number of carbonyl (C=O) groups is 2. The fourth-order valence-corrected chi connectivity index (χ4v) is 6.63. The highest BCUT2D eigenvalue weighted by Crippen LogP contribution is 2.26. The van der Waals surface area contributed by atoms with Crippen LogP contribution in [0.3, 0.4) is 0 Å². The lowest BCUT2D eigenvalue weighted by molar-refractivity contribution is -0.123. The predicted octanol–water partition coefficient (Wildman–Crippen LogP) is 5.27. The van der Waals surface area contributed by atoms with Crippen molar-refractivity contribution in [2.24, 2.45) is 5.92 Å². The van der Waals surface area contributed by atoms with Crippen LogP contribution >= 0.6 is 0 Å². The van der Waals surface area contributed by atoms with Crippen molar-refractivity contribution >= 4 is 46.8 Å². The monoisotopic (exact) mass is 795 g/mol. The number of nitrogens with zero attached hydrogens (tertiary/aromatic N) is 7. The Labute approximate surface area is 343 Å². The van der Waals surface area contributed by atoms with Gasteiger partial charge in [-0.15, -0.1) is 0 Å².